The van der Waals surface area contributed by atoms with E-state index in [1.807, 2.05) is 66.7 Å². The first-order valence-electron chi connectivity index (χ1n) is 7.40. The summed E-state index contributed by atoms with van der Waals surface area (Å²) in [4.78, 5) is 4.56. The van der Waals surface area contributed by atoms with Gasteiger partial charge in [0.05, 0.1) is 11.3 Å². The summed E-state index contributed by atoms with van der Waals surface area (Å²) in [6.07, 6.45) is 0. The van der Waals surface area contributed by atoms with Gasteiger partial charge in [-0.2, -0.15) is 0 Å². The van der Waals surface area contributed by atoms with E-state index in [1.165, 1.54) is 4.43 Å². The van der Waals surface area contributed by atoms with Gasteiger partial charge in [-0.15, -0.1) is 0 Å². The van der Waals surface area contributed by atoms with E-state index in [-0.39, 0.29) is 21.0 Å². The molecule has 0 fully saturated rings. The highest BCUT2D eigenvalue weighted by Crippen LogP contribution is 2.31. The van der Waals surface area contributed by atoms with Crippen LogP contribution in [0.2, 0.25) is 0 Å². The summed E-state index contributed by atoms with van der Waals surface area (Å²) in [7, 11) is 0. The highest BCUT2D eigenvalue weighted by Gasteiger charge is 2.13. The van der Waals surface area contributed by atoms with E-state index in [9.17, 15) is 0 Å². The zero-order chi connectivity index (χ0) is 15.5. The van der Waals surface area contributed by atoms with Gasteiger partial charge in [-0.1, -0.05) is 59.0 Å². The van der Waals surface area contributed by atoms with Gasteiger partial charge in [-0.25, -0.2) is 4.98 Å². The van der Waals surface area contributed by atoms with Crippen molar-refractivity contribution in [2.45, 2.75) is 0 Å². The monoisotopic (exact) mass is 332 g/mol. The molecule has 1 aromatic heterocycles. The second-order valence-electron chi connectivity index (χ2n) is 5.13. The van der Waals surface area contributed by atoms with Crippen LogP contribution in [0.15, 0.2) is 83.3 Å². The van der Waals surface area contributed by atoms with Gasteiger partial charge in [0.15, 0.2) is 5.58 Å². The van der Waals surface area contributed by atoms with Crippen LogP contribution in [0.3, 0.4) is 0 Å². The molecule has 2 N–H and O–H groups in total. The van der Waals surface area contributed by atoms with Gasteiger partial charge >= 0.3 is 15.6 Å². The molecule has 0 unspecified atom stereocenters. The fourth-order valence-electron chi connectivity index (χ4n) is 2.40. The Morgan fingerprint density at radius 2 is 1.50 bits per heavy atom. The normalized spacial score (nSPS) is 10.2. The van der Waals surface area contributed by atoms with Gasteiger partial charge in [0.25, 0.3) is 0 Å². The summed E-state index contributed by atoms with van der Waals surface area (Å²) in [5.41, 5.74) is 2.52. The summed E-state index contributed by atoms with van der Waals surface area (Å²) >= 11 is -0.296. The number of nitrogens with zero attached hydrogens (tertiary/aromatic N) is 1. The maximum Gasteiger partial charge on any atom is 0.570 e. The summed E-state index contributed by atoms with van der Waals surface area (Å²) in [6, 6.07) is 25.9. The second-order valence-corrected chi connectivity index (χ2v) is 6.27. The molecule has 0 aliphatic carbocycles. The van der Waals surface area contributed by atoms with Crippen LogP contribution >= 0.6 is 0 Å². The Labute approximate surface area is 146 Å². The minimum Gasteiger partial charge on any atom is -0.644 e. The third-order valence-corrected chi connectivity index (χ3v) is 4.56. The van der Waals surface area contributed by atoms with Gasteiger partial charge in [0, 0.05) is 0 Å². The van der Waals surface area contributed by atoms with E-state index in [1.54, 1.807) is 0 Å². The molecule has 0 aliphatic rings. The Balaban J connectivity index is 0.00000169. The Morgan fingerprint density at radius 1 is 0.792 bits per heavy atom. The topological polar surface area (TPSA) is 66.8 Å². The van der Waals surface area contributed by atoms with Crippen LogP contribution in [0.1, 0.15) is 0 Å². The Morgan fingerprint density at radius 3 is 2.33 bits per heavy atom. The Bertz CT molecular complexity index is 904. The molecule has 4 rings (SSSR count). The smallest absolute Gasteiger partial charge is 0.570 e. The van der Waals surface area contributed by atoms with Crippen molar-refractivity contribution in [3.05, 3.63) is 78.9 Å². The van der Waals surface area contributed by atoms with E-state index < -0.39 is 0 Å². The van der Waals surface area contributed by atoms with Crippen LogP contribution in [0.25, 0.3) is 22.6 Å². The number of para-hydroxylation sites is 3. The number of fused-ring (bicyclic) bond motifs is 1. The predicted molar refractivity (Wildman–Crippen MR) is 95.5 cm³/mol. The van der Waals surface area contributed by atoms with Crippen molar-refractivity contribution in [2.24, 2.45) is 0 Å². The lowest BCUT2D eigenvalue weighted by molar-refractivity contribution is 0.588. The lowest BCUT2D eigenvalue weighted by Crippen LogP contribution is -2.19. The average Bonchev–Trinajstić information content (AvgIpc) is 3.05. The average molecular weight is 332 g/mol. The van der Waals surface area contributed by atoms with E-state index in [2.05, 4.69) is 17.1 Å². The first-order valence-corrected chi connectivity index (χ1v) is 8.45. The number of oxazole rings is 1. The zero-order valence-electron chi connectivity index (χ0n) is 12.8. The van der Waals surface area contributed by atoms with Crippen molar-refractivity contribution in [1.82, 2.24) is 4.98 Å². The molecule has 0 saturated carbocycles. The number of benzene rings is 3. The van der Waals surface area contributed by atoms with E-state index >= 15 is 0 Å². The molecular weight excluding hydrogens is 317 g/mol. The fraction of sp³-hybridized carbons (Fsp3) is 0. The summed E-state index contributed by atoms with van der Waals surface area (Å²) in [5.74, 6) is 1.40. The lowest BCUT2D eigenvalue weighted by Gasteiger charge is -2.10. The molecule has 1 radical (unpaired) electrons. The van der Waals surface area contributed by atoms with Crippen LogP contribution in [-0.2, 0) is 0 Å². The summed E-state index contributed by atoms with van der Waals surface area (Å²) in [6.45, 7) is 0. The highest BCUT2D eigenvalue weighted by molar-refractivity contribution is 6.47. The van der Waals surface area contributed by atoms with Crippen LogP contribution in [-0.4, -0.2) is 26.0 Å². The van der Waals surface area contributed by atoms with Gasteiger partial charge in [0.1, 0.15) is 5.52 Å². The Hall–Kier alpha value is -2.58. The highest BCUT2D eigenvalue weighted by atomic mass is 27.1. The van der Waals surface area contributed by atoms with Gasteiger partial charge in [0.2, 0.25) is 5.89 Å². The largest absolute Gasteiger partial charge is 0.644 e. The molecule has 0 bridgehead atoms. The Kier molecular flexibility index (Phi) is 4.97. The molecule has 0 atom stereocenters. The maximum atomic E-state index is 6.06. The van der Waals surface area contributed by atoms with Crippen molar-refractivity contribution in [3.8, 4) is 17.2 Å². The third-order valence-electron chi connectivity index (χ3n) is 3.53. The van der Waals surface area contributed by atoms with Crippen molar-refractivity contribution < 1.29 is 13.7 Å². The van der Waals surface area contributed by atoms with Gasteiger partial charge in [-0.05, 0) is 24.3 Å². The van der Waals surface area contributed by atoms with Crippen LogP contribution in [0, 0.1) is 0 Å². The van der Waals surface area contributed by atoms with Gasteiger partial charge in [-0.3, -0.25) is 0 Å². The van der Waals surface area contributed by atoms with Crippen molar-refractivity contribution >= 4 is 31.1 Å². The summed E-state index contributed by atoms with van der Waals surface area (Å²) < 4.78 is 13.1. The second kappa shape index (κ2) is 7.33. The molecule has 3 aromatic carbocycles. The molecule has 4 aromatic rings. The molecule has 24 heavy (non-hydrogen) atoms. The van der Waals surface area contributed by atoms with Crippen molar-refractivity contribution in [3.63, 3.8) is 0 Å². The number of rotatable bonds is 4. The molecule has 0 aliphatic heterocycles. The molecule has 117 valence electrons. The zero-order valence-corrected chi connectivity index (χ0v) is 14.0. The SMILES string of the molecule is O.c1cc[c]([Al][O]c2ccccc2-c2nc3ccccc3o2)cc1. The number of aromatic nitrogens is 1. The molecule has 0 amide bonds. The molecule has 5 heteroatoms. The van der Waals surface area contributed by atoms with Crippen LogP contribution in [0.5, 0.6) is 5.75 Å². The van der Waals surface area contributed by atoms with Crippen LogP contribution < -0.4 is 8.21 Å². The molecule has 0 spiro atoms. The molecular formula is C19H15AlNO3. The van der Waals surface area contributed by atoms with Gasteiger partial charge < -0.3 is 13.7 Å². The number of hydrogen-bond donors (Lipinski definition) is 0. The molecule has 0 saturated heterocycles. The fourth-order valence-corrected chi connectivity index (χ4v) is 3.24. The van der Waals surface area contributed by atoms with Crippen LogP contribution in [0.4, 0.5) is 0 Å². The first kappa shape index (κ1) is 16.3. The molecule has 4 nitrogen and oxygen atoms in total. The van der Waals surface area contributed by atoms with Crippen molar-refractivity contribution in [1.29, 1.82) is 0 Å². The maximum absolute atomic E-state index is 6.06. The quantitative estimate of drug-likeness (QED) is 0.540. The molecule has 1 heterocycles. The van der Waals surface area contributed by atoms with E-state index in [0.717, 1.165) is 22.4 Å². The summed E-state index contributed by atoms with van der Waals surface area (Å²) in [5, 5.41) is 0. The number of hydrogen-bond acceptors (Lipinski definition) is 3. The van der Waals surface area contributed by atoms with Crippen molar-refractivity contribution in [2.75, 3.05) is 0 Å². The standard InChI is InChI=1S/C13H9NO2.C6H5.Al.H2O/c15-11-7-3-1-5-9(11)13-14-10-6-2-4-8-12(10)16-13;1-2-4-6-5-3-1;;/h1-8,15H;1-5H;;1H2/q;;+1;/p-1. The third kappa shape index (κ3) is 3.34. The first-order chi connectivity index (χ1) is 11.4. The van der Waals surface area contributed by atoms with E-state index in [4.69, 9.17) is 8.21 Å². The predicted octanol–water partition coefficient (Wildman–Crippen LogP) is 2.99. The van der Waals surface area contributed by atoms with E-state index in [0.29, 0.717) is 5.89 Å². The minimum atomic E-state index is -0.296. The minimum absolute atomic E-state index is 0. The lowest BCUT2D eigenvalue weighted by atomic mass is 10.2.